The van der Waals surface area contributed by atoms with E-state index >= 15 is 0 Å². The molecule has 1 amide bonds. The summed E-state index contributed by atoms with van der Waals surface area (Å²) in [4.78, 5) is 11.0. The maximum Gasteiger partial charge on any atom is 0.269 e. The molecule has 20 heavy (non-hydrogen) atoms. The lowest BCUT2D eigenvalue weighted by Gasteiger charge is -2.07. The van der Waals surface area contributed by atoms with Crippen molar-refractivity contribution in [2.24, 2.45) is 5.73 Å². The van der Waals surface area contributed by atoms with Crippen molar-refractivity contribution in [1.29, 1.82) is 0 Å². The van der Waals surface area contributed by atoms with Gasteiger partial charge >= 0.3 is 0 Å². The third kappa shape index (κ3) is 3.42. The van der Waals surface area contributed by atoms with Crippen LogP contribution in [0, 0.1) is 5.82 Å². The lowest BCUT2D eigenvalue weighted by atomic mass is 10.2. The fourth-order valence-corrected chi connectivity index (χ4v) is 1.88. The summed E-state index contributed by atoms with van der Waals surface area (Å²) >= 11 is 0. The van der Waals surface area contributed by atoms with Crippen molar-refractivity contribution < 1.29 is 9.18 Å². The first-order valence-corrected chi connectivity index (χ1v) is 6.46. The van der Waals surface area contributed by atoms with Crippen molar-refractivity contribution >= 4 is 5.91 Å². The van der Waals surface area contributed by atoms with Gasteiger partial charge in [-0.05, 0) is 42.8 Å². The Balaban J connectivity index is 2.24. The molecular weight excluding hydrogens is 259 g/mol. The topological polar surface area (TPSA) is 72.9 Å². The van der Waals surface area contributed by atoms with Gasteiger partial charge in [-0.25, -0.2) is 9.07 Å². The molecule has 0 saturated carbocycles. The zero-order valence-corrected chi connectivity index (χ0v) is 11.3. The largest absolute Gasteiger partial charge is 0.364 e. The van der Waals surface area contributed by atoms with Crippen LogP contribution in [-0.2, 0) is 6.54 Å². The van der Waals surface area contributed by atoms with Crippen LogP contribution >= 0.6 is 0 Å². The molecular formula is C14H17FN4O. The molecule has 0 atom stereocenters. The Labute approximate surface area is 116 Å². The summed E-state index contributed by atoms with van der Waals surface area (Å²) in [6.45, 7) is 3.53. The molecule has 2 aromatic rings. The van der Waals surface area contributed by atoms with Crippen molar-refractivity contribution in [2.45, 2.75) is 19.9 Å². The number of hydrogen-bond acceptors (Lipinski definition) is 3. The van der Waals surface area contributed by atoms with E-state index in [1.807, 2.05) is 6.07 Å². The van der Waals surface area contributed by atoms with Crippen molar-refractivity contribution in [3.8, 4) is 5.69 Å². The van der Waals surface area contributed by atoms with E-state index in [1.54, 1.807) is 6.20 Å². The van der Waals surface area contributed by atoms with E-state index in [9.17, 15) is 9.18 Å². The number of primary amides is 1. The molecule has 0 aliphatic carbocycles. The molecule has 1 aromatic carbocycles. The van der Waals surface area contributed by atoms with E-state index in [-0.39, 0.29) is 11.5 Å². The predicted molar refractivity (Wildman–Crippen MR) is 74.0 cm³/mol. The number of nitrogens with two attached hydrogens (primary N) is 1. The van der Waals surface area contributed by atoms with Crippen LogP contribution in [0.3, 0.4) is 0 Å². The van der Waals surface area contributed by atoms with E-state index in [0.29, 0.717) is 12.2 Å². The SMILES string of the molecule is CCCNCc1cc(F)cc(-n2ccc(C(N)=O)n2)c1. The van der Waals surface area contributed by atoms with Crippen LogP contribution < -0.4 is 11.1 Å². The van der Waals surface area contributed by atoms with Crippen molar-refractivity contribution in [1.82, 2.24) is 15.1 Å². The van der Waals surface area contributed by atoms with Gasteiger partial charge in [-0.2, -0.15) is 5.10 Å². The zero-order chi connectivity index (χ0) is 14.5. The smallest absolute Gasteiger partial charge is 0.269 e. The Kier molecular flexibility index (Phi) is 4.47. The number of nitrogens with zero attached hydrogens (tertiary/aromatic N) is 2. The first kappa shape index (κ1) is 14.2. The molecule has 5 nitrogen and oxygen atoms in total. The highest BCUT2D eigenvalue weighted by atomic mass is 19.1. The molecule has 1 heterocycles. The van der Waals surface area contributed by atoms with Gasteiger partial charge in [0.1, 0.15) is 11.5 Å². The summed E-state index contributed by atoms with van der Waals surface area (Å²) in [5.41, 5.74) is 6.68. The summed E-state index contributed by atoms with van der Waals surface area (Å²) in [6.07, 6.45) is 2.60. The predicted octanol–water partition coefficient (Wildman–Crippen LogP) is 1.61. The molecule has 1 aromatic heterocycles. The number of rotatable bonds is 6. The Bertz CT molecular complexity index is 609. The van der Waals surface area contributed by atoms with E-state index < -0.39 is 5.91 Å². The maximum absolute atomic E-state index is 13.6. The minimum absolute atomic E-state index is 0.153. The van der Waals surface area contributed by atoms with Gasteiger partial charge < -0.3 is 11.1 Å². The Morgan fingerprint density at radius 3 is 2.90 bits per heavy atom. The highest BCUT2D eigenvalue weighted by Gasteiger charge is 2.08. The van der Waals surface area contributed by atoms with E-state index in [2.05, 4.69) is 17.3 Å². The first-order valence-electron chi connectivity index (χ1n) is 6.46. The second-order valence-corrected chi connectivity index (χ2v) is 4.50. The lowest BCUT2D eigenvalue weighted by Crippen LogP contribution is -2.14. The van der Waals surface area contributed by atoms with Crippen LogP contribution in [-0.4, -0.2) is 22.2 Å². The van der Waals surface area contributed by atoms with Crippen molar-refractivity contribution in [2.75, 3.05) is 6.54 Å². The normalized spacial score (nSPS) is 10.7. The van der Waals surface area contributed by atoms with Gasteiger partial charge in [0.05, 0.1) is 5.69 Å². The number of hydrogen-bond donors (Lipinski definition) is 2. The Hall–Kier alpha value is -2.21. The van der Waals surface area contributed by atoms with Crippen LogP contribution in [0.25, 0.3) is 5.69 Å². The number of carbonyl (C=O) groups is 1. The molecule has 0 aliphatic heterocycles. The monoisotopic (exact) mass is 276 g/mol. The van der Waals surface area contributed by atoms with Gasteiger partial charge in [-0.15, -0.1) is 0 Å². The third-order valence-electron chi connectivity index (χ3n) is 2.80. The summed E-state index contributed by atoms with van der Waals surface area (Å²) < 4.78 is 15.1. The minimum atomic E-state index is -0.606. The number of halogens is 1. The lowest BCUT2D eigenvalue weighted by molar-refractivity contribution is 0.0995. The highest BCUT2D eigenvalue weighted by molar-refractivity contribution is 5.90. The van der Waals surface area contributed by atoms with Gasteiger partial charge in [-0.1, -0.05) is 6.92 Å². The summed E-state index contributed by atoms with van der Waals surface area (Å²) in [7, 11) is 0. The quantitative estimate of drug-likeness (QED) is 0.787. The molecule has 0 unspecified atom stereocenters. The number of amides is 1. The highest BCUT2D eigenvalue weighted by Crippen LogP contribution is 2.13. The van der Waals surface area contributed by atoms with Crippen molar-refractivity contribution in [3.63, 3.8) is 0 Å². The second kappa shape index (κ2) is 6.29. The van der Waals surface area contributed by atoms with Gasteiger partial charge in [0, 0.05) is 12.7 Å². The average molecular weight is 276 g/mol. The maximum atomic E-state index is 13.6. The molecule has 6 heteroatoms. The minimum Gasteiger partial charge on any atom is -0.364 e. The van der Waals surface area contributed by atoms with E-state index in [1.165, 1.54) is 22.9 Å². The molecule has 0 spiro atoms. The van der Waals surface area contributed by atoms with Crippen LogP contribution in [0.5, 0.6) is 0 Å². The standard InChI is InChI=1S/C14H17FN4O/c1-2-4-17-9-10-6-11(15)8-12(7-10)19-5-3-13(18-19)14(16)20/h3,5-8,17H,2,4,9H2,1H3,(H2,16,20). The van der Waals surface area contributed by atoms with Crippen molar-refractivity contribution in [3.05, 3.63) is 47.5 Å². The van der Waals surface area contributed by atoms with E-state index in [4.69, 9.17) is 5.73 Å². The van der Waals surface area contributed by atoms with Crippen LogP contribution in [0.15, 0.2) is 30.5 Å². The second-order valence-electron chi connectivity index (χ2n) is 4.50. The molecule has 0 aliphatic rings. The molecule has 3 N–H and O–H groups in total. The first-order chi connectivity index (χ1) is 9.60. The molecule has 0 radical (unpaired) electrons. The van der Waals surface area contributed by atoms with Gasteiger partial charge in [0.15, 0.2) is 0 Å². The van der Waals surface area contributed by atoms with Gasteiger partial charge in [0.25, 0.3) is 5.91 Å². The number of carbonyl (C=O) groups excluding carboxylic acids is 1. The average Bonchev–Trinajstić information content (AvgIpc) is 2.88. The molecule has 106 valence electrons. The third-order valence-corrected chi connectivity index (χ3v) is 2.80. The van der Waals surface area contributed by atoms with Crippen LogP contribution in [0.1, 0.15) is 29.4 Å². The van der Waals surface area contributed by atoms with Gasteiger partial charge in [0.2, 0.25) is 0 Å². The Morgan fingerprint density at radius 1 is 1.45 bits per heavy atom. The molecule has 0 saturated heterocycles. The van der Waals surface area contributed by atoms with Crippen LogP contribution in [0.4, 0.5) is 4.39 Å². The number of aromatic nitrogens is 2. The molecule has 2 rings (SSSR count). The Morgan fingerprint density at radius 2 is 2.25 bits per heavy atom. The summed E-state index contributed by atoms with van der Waals surface area (Å²) in [5.74, 6) is -0.947. The number of nitrogens with one attached hydrogen (secondary N) is 1. The zero-order valence-electron chi connectivity index (χ0n) is 11.3. The van der Waals surface area contributed by atoms with Crippen LogP contribution in [0.2, 0.25) is 0 Å². The van der Waals surface area contributed by atoms with Gasteiger partial charge in [-0.3, -0.25) is 4.79 Å². The fourth-order valence-electron chi connectivity index (χ4n) is 1.88. The fraction of sp³-hybridized carbons (Fsp3) is 0.286. The molecule has 0 bridgehead atoms. The van der Waals surface area contributed by atoms with E-state index in [0.717, 1.165) is 18.5 Å². The summed E-state index contributed by atoms with van der Waals surface area (Å²) in [6, 6.07) is 6.16. The summed E-state index contributed by atoms with van der Waals surface area (Å²) in [5, 5.41) is 7.22. The number of benzene rings is 1. The molecule has 0 fully saturated rings.